The summed E-state index contributed by atoms with van der Waals surface area (Å²) in [7, 11) is 0. The Morgan fingerprint density at radius 1 is 1.64 bits per heavy atom. The number of hydrogen-bond acceptors (Lipinski definition) is 4. The largest absolute Gasteiger partial charge is 0.368 e. The molecule has 0 saturated carbocycles. The molecule has 0 aliphatic heterocycles. The Balaban J connectivity index is 2.63. The second-order valence-electron chi connectivity index (χ2n) is 2.75. The molecule has 0 aromatic carbocycles. The minimum atomic E-state index is 0.430. The summed E-state index contributed by atoms with van der Waals surface area (Å²) in [5.74, 6) is 0.742. The van der Waals surface area contributed by atoms with Crippen molar-refractivity contribution in [3.05, 3.63) is 16.0 Å². The lowest BCUT2D eigenvalue weighted by Gasteiger charge is -2.11. The fourth-order valence-corrected chi connectivity index (χ4v) is 1.52. The third-order valence-corrected chi connectivity index (χ3v) is 3.94. The average molecular weight is 297 g/mol. The SMILES string of the molecule is CSC(C)CNc1ncnc(Cl)c1Br. The van der Waals surface area contributed by atoms with E-state index in [1.54, 1.807) is 11.8 Å². The number of aromatic nitrogens is 2. The Morgan fingerprint density at radius 2 is 2.36 bits per heavy atom. The Kier molecular flexibility index (Phi) is 4.98. The van der Waals surface area contributed by atoms with E-state index in [2.05, 4.69) is 44.4 Å². The van der Waals surface area contributed by atoms with E-state index in [9.17, 15) is 0 Å². The molecule has 0 saturated heterocycles. The number of nitrogens with zero attached hydrogens (tertiary/aromatic N) is 2. The van der Waals surface area contributed by atoms with E-state index in [0.29, 0.717) is 10.4 Å². The number of anilines is 1. The van der Waals surface area contributed by atoms with Crippen LogP contribution in [0.25, 0.3) is 0 Å². The summed E-state index contributed by atoms with van der Waals surface area (Å²) in [5, 5.41) is 4.17. The average Bonchev–Trinajstić information content (AvgIpc) is 2.20. The van der Waals surface area contributed by atoms with Crippen LogP contribution in [0.15, 0.2) is 10.8 Å². The zero-order valence-electron chi connectivity index (χ0n) is 7.92. The smallest absolute Gasteiger partial charge is 0.148 e. The molecule has 1 rings (SSSR count). The molecule has 0 aliphatic carbocycles. The first kappa shape index (κ1) is 12.1. The van der Waals surface area contributed by atoms with Crippen molar-refractivity contribution in [2.24, 2.45) is 0 Å². The molecule has 1 atom stereocenters. The van der Waals surface area contributed by atoms with Crippen molar-refractivity contribution in [2.45, 2.75) is 12.2 Å². The monoisotopic (exact) mass is 295 g/mol. The van der Waals surface area contributed by atoms with Gasteiger partial charge in [-0.3, -0.25) is 0 Å². The highest BCUT2D eigenvalue weighted by Crippen LogP contribution is 2.26. The van der Waals surface area contributed by atoms with Crippen LogP contribution in [0.1, 0.15) is 6.92 Å². The van der Waals surface area contributed by atoms with Crippen molar-refractivity contribution in [1.82, 2.24) is 9.97 Å². The van der Waals surface area contributed by atoms with Gasteiger partial charge in [0, 0.05) is 11.8 Å². The quantitative estimate of drug-likeness (QED) is 0.867. The standard InChI is InChI=1S/C8H11BrClN3S/c1-5(14-2)3-11-8-6(9)7(10)12-4-13-8/h4-5H,3H2,1-2H3,(H,11,12,13). The molecule has 1 unspecified atom stereocenters. The zero-order valence-corrected chi connectivity index (χ0v) is 11.1. The molecule has 3 nitrogen and oxygen atoms in total. The fraction of sp³-hybridized carbons (Fsp3) is 0.500. The highest BCUT2D eigenvalue weighted by Gasteiger charge is 2.07. The van der Waals surface area contributed by atoms with Crippen molar-refractivity contribution < 1.29 is 0 Å². The molecule has 6 heteroatoms. The molecule has 0 radical (unpaired) electrons. The van der Waals surface area contributed by atoms with E-state index >= 15 is 0 Å². The number of hydrogen-bond donors (Lipinski definition) is 1. The summed E-state index contributed by atoms with van der Waals surface area (Å²) in [5.41, 5.74) is 0. The van der Waals surface area contributed by atoms with Gasteiger partial charge < -0.3 is 5.32 Å². The van der Waals surface area contributed by atoms with E-state index in [-0.39, 0.29) is 0 Å². The summed E-state index contributed by atoms with van der Waals surface area (Å²) in [6.07, 6.45) is 3.52. The maximum Gasteiger partial charge on any atom is 0.148 e. The summed E-state index contributed by atoms with van der Waals surface area (Å²) < 4.78 is 0.718. The second-order valence-corrected chi connectivity index (χ2v) is 5.18. The van der Waals surface area contributed by atoms with Crippen LogP contribution in [0.2, 0.25) is 5.15 Å². The lowest BCUT2D eigenvalue weighted by atomic mass is 10.4. The molecule has 0 fully saturated rings. The summed E-state index contributed by atoms with van der Waals surface area (Å²) in [6.45, 7) is 3.00. The van der Waals surface area contributed by atoms with Gasteiger partial charge in [0.15, 0.2) is 0 Å². The van der Waals surface area contributed by atoms with Crippen LogP contribution < -0.4 is 5.32 Å². The van der Waals surface area contributed by atoms with Crippen LogP contribution >= 0.6 is 39.3 Å². The third-order valence-electron chi connectivity index (χ3n) is 1.71. The van der Waals surface area contributed by atoms with Crippen LogP contribution in [0.5, 0.6) is 0 Å². The van der Waals surface area contributed by atoms with E-state index < -0.39 is 0 Å². The molecule has 1 aromatic heterocycles. The molecule has 0 aliphatic rings. The highest BCUT2D eigenvalue weighted by molar-refractivity contribution is 9.10. The molecule has 1 N–H and O–H groups in total. The van der Waals surface area contributed by atoms with Crippen molar-refractivity contribution in [3.63, 3.8) is 0 Å². The lowest BCUT2D eigenvalue weighted by molar-refractivity contribution is 0.982. The number of halogens is 2. The van der Waals surface area contributed by atoms with E-state index in [1.807, 2.05) is 0 Å². The molecule has 0 amide bonds. The summed E-state index contributed by atoms with van der Waals surface area (Å²) >= 11 is 10.9. The number of rotatable bonds is 4. The van der Waals surface area contributed by atoms with Crippen LogP contribution in [0.3, 0.4) is 0 Å². The molecule has 0 bridgehead atoms. The maximum atomic E-state index is 5.82. The molecular formula is C8H11BrClN3S. The first-order valence-corrected chi connectivity index (χ1v) is 6.53. The summed E-state index contributed by atoms with van der Waals surface area (Å²) in [6, 6.07) is 0. The number of thioether (sulfide) groups is 1. The van der Waals surface area contributed by atoms with Gasteiger partial charge in [0.05, 0.1) is 4.47 Å². The van der Waals surface area contributed by atoms with Crippen LogP contribution in [0.4, 0.5) is 5.82 Å². The fourth-order valence-electron chi connectivity index (χ4n) is 0.795. The van der Waals surface area contributed by atoms with E-state index in [0.717, 1.165) is 16.8 Å². The molecular weight excluding hydrogens is 286 g/mol. The van der Waals surface area contributed by atoms with E-state index in [1.165, 1.54) is 6.33 Å². The Hall–Kier alpha value is -0.0000000000000000555. The van der Waals surface area contributed by atoms with Gasteiger partial charge in [-0.2, -0.15) is 11.8 Å². The molecule has 1 heterocycles. The van der Waals surface area contributed by atoms with Gasteiger partial charge in [-0.25, -0.2) is 9.97 Å². The van der Waals surface area contributed by atoms with Gasteiger partial charge in [-0.05, 0) is 22.2 Å². The van der Waals surface area contributed by atoms with Crippen molar-refractivity contribution in [2.75, 3.05) is 18.1 Å². The van der Waals surface area contributed by atoms with Crippen molar-refractivity contribution in [3.8, 4) is 0 Å². The normalized spacial score (nSPS) is 12.6. The molecule has 1 aromatic rings. The van der Waals surface area contributed by atoms with Gasteiger partial charge >= 0.3 is 0 Å². The van der Waals surface area contributed by atoms with Crippen LogP contribution in [-0.4, -0.2) is 28.0 Å². The van der Waals surface area contributed by atoms with Gasteiger partial charge in [0.25, 0.3) is 0 Å². The molecule has 0 spiro atoms. The first-order valence-electron chi connectivity index (χ1n) is 4.07. The highest BCUT2D eigenvalue weighted by atomic mass is 79.9. The van der Waals surface area contributed by atoms with Crippen LogP contribution in [0, 0.1) is 0 Å². The van der Waals surface area contributed by atoms with Gasteiger partial charge in [-0.1, -0.05) is 18.5 Å². The topological polar surface area (TPSA) is 37.8 Å². The second kappa shape index (κ2) is 5.78. The van der Waals surface area contributed by atoms with Gasteiger partial charge in [0.2, 0.25) is 0 Å². The predicted molar refractivity (Wildman–Crippen MR) is 66.2 cm³/mol. The Bertz CT molecular complexity index is 311. The Labute approximate surface area is 101 Å². The molecule has 78 valence electrons. The van der Waals surface area contributed by atoms with Crippen molar-refractivity contribution in [1.29, 1.82) is 0 Å². The van der Waals surface area contributed by atoms with Gasteiger partial charge in [0.1, 0.15) is 17.3 Å². The minimum Gasteiger partial charge on any atom is -0.368 e. The molecule has 14 heavy (non-hydrogen) atoms. The zero-order chi connectivity index (χ0) is 10.6. The minimum absolute atomic E-state index is 0.430. The number of nitrogens with one attached hydrogen (secondary N) is 1. The van der Waals surface area contributed by atoms with Crippen molar-refractivity contribution >= 4 is 45.1 Å². The predicted octanol–water partition coefficient (Wildman–Crippen LogP) is 3.06. The maximum absolute atomic E-state index is 5.82. The third kappa shape index (κ3) is 3.29. The lowest BCUT2D eigenvalue weighted by Crippen LogP contribution is -2.14. The first-order chi connectivity index (χ1) is 6.65. The Morgan fingerprint density at radius 3 is 3.00 bits per heavy atom. The van der Waals surface area contributed by atoms with Crippen LogP contribution in [-0.2, 0) is 0 Å². The van der Waals surface area contributed by atoms with Gasteiger partial charge in [-0.15, -0.1) is 0 Å². The summed E-state index contributed by atoms with van der Waals surface area (Å²) in [4.78, 5) is 7.93. The van der Waals surface area contributed by atoms with E-state index in [4.69, 9.17) is 11.6 Å².